The number of rotatable bonds is 3. The highest BCUT2D eigenvalue weighted by atomic mass is 16.3. The van der Waals surface area contributed by atoms with Gasteiger partial charge in [-0.25, -0.2) is 0 Å². The second-order valence-electron chi connectivity index (χ2n) is 4.45. The van der Waals surface area contributed by atoms with Crippen molar-refractivity contribution in [2.45, 2.75) is 25.8 Å². The van der Waals surface area contributed by atoms with Crippen LogP contribution in [0.25, 0.3) is 0 Å². The molecule has 1 aliphatic heterocycles. The van der Waals surface area contributed by atoms with Crippen LogP contribution in [0.2, 0.25) is 0 Å². The lowest BCUT2D eigenvalue weighted by atomic mass is 9.95. The number of hydrogen-bond donors (Lipinski definition) is 1. The lowest BCUT2D eigenvalue weighted by Crippen LogP contribution is -2.37. The Labute approximate surface area is 91.2 Å². The molecule has 15 heavy (non-hydrogen) atoms. The van der Waals surface area contributed by atoms with Crippen LogP contribution in [0, 0.1) is 5.92 Å². The third-order valence-corrected chi connectivity index (χ3v) is 3.56. The Morgan fingerprint density at radius 1 is 1.53 bits per heavy atom. The van der Waals surface area contributed by atoms with Gasteiger partial charge < -0.3 is 10.2 Å². The van der Waals surface area contributed by atoms with Crippen LogP contribution >= 0.6 is 0 Å². The zero-order valence-electron chi connectivity index (χ0n) is 9.36. The summed E-state index contributed by atoms with van der Waals surface area (Å²) in [5, 5.41) is 0. The molecule has 0 bridgehead atoms. The van der Waals surface area contributed by atoms with E-state index in [-0.39, 0.29) is 0 Å². The minimum atomic E-state index is 0.475. The van der Waals surface area contributed by atoms with Gasteiger partial charge in [0, 0.05) is 11.6 Å². The maximum Gasteiger partial charge on any atom is 0.0950 e. The molecule has 1 atom stereocenters. The van der Waals surface area contributed by atoms with Gasteiger partial charge in [-0.2, -0.15) is 0 Å². The largest absolute Gasteiger partial charge is 0.472 e. The average molecular weight is 208 g/mol. The number of nitrogens with zero attached hydrogens (tertiary/aromatic N) is 1. The Morgan fingerprint density at radius 3 is 2.80 bits per heavy atom. The Morgan fingerprint density at radius 2 is 2.27 bits per heavy atom. The van der Waals surface area contributed by atoms with Crippen molar-refractivity contribution in [3.63, 3.8) is 0 Å². The van der Waals surface area contributed by atoms with E-state index < -0.39 is 0 Å². The lowest BCUT2D eigenvalue weighted by Gasteiger charge is -2.35. The van der Waals surface area contributed by atoms with Crippen LogP contribution in [0.1, 0.15) is 31.4 Å². The molecule has 1 aromatic rings. The lowest BCUT2D eigenvalue weighted by molar-refractivity contribution is 0.143. The van der Waals surface area contributed by atoms with Crippen molar-refractivity contribution < 1.29 is 4.42 Å². The van der Waals surface area contributed by atoms with Crippen molar-refractivity contribution in [2.75, 3.05) is 19.6 Å². The molecular formula is C12H20N2O. The summed E-state index contributed by atoms with van der Waals surface area (Å²) in [6.45, 7) is 5.41. The Hall–Kier alpha value is -0.800. The van der Waals surface area contributed by atoms with Crippen LogP contribution in [0.4, 0.5) is 0 Å². The van der Waals surface area contributed by atoms with E-state index in [9.17, 15) is 0 Å². The third kappa shape index (κ3) is 2.41. The molecule has 3 heteroatoms. The molecule has 0 aromatic carbocycles. The minimum absolute atomic E-state index is 0.475. The smallest absolute Gasteiger partial charge is 0.0950 e. The summed E-state index contributed by atoms with van der Waals surface area (Å²) in [4.78, 5) is 2.51. The van der Waals surface area contributed by atoms with Gasteiger partial charge >= 0.3 is 0 Å². The molecule has 2 N–H and O–H groups in total. The summed E-state index contributed by atoms with van der Waals surface area (Å²) >= 11 is 0. The van der Waals surface area contributed by atoms with Gasteiger partial charge in [-0.3, -0.25) is 4.90 Å². The van der Waals surface area contributed by atoms with Gasteiger partial charge in [-0.1, -0.05) is 0 Å². The highest BCUT2D eigenvalue weighted by Crippen LogP contribution is 2.26. The van der Waals surface area contributed by atoms with Crippen molar-refractivity contribution in [1.29, 1.82) is 0 Å². The SMILES string of the molecule is CC(c1ccoc1)N1CCC(CN)CC1. The maximum atomic E-state index is 5.69. The van der Waals surface area contributed by atoms with E-state index in [1.807, 2.05) is 6.26 Å². The van der Waals surface area contributed by atoms with E-state index in [1.165, 1.54) is 18.4 Å². The predicted molar refractivity (Wildman–Crippen MR) is 60.5 cm³/mol. The van der Waals surface area contributed by atoms with Crippen LogP contribution < -0.4 is 5.73 Å². The number of likely N-dealkylation sites (tertiary alicyclic amines) is 1. The molecule has 1 aliphatic rings. The first-order valence-electron chi connectivity index (χ1n) is 5.77. The van der Waals surface area contributed by atoms with Crippen LogP contribution in [0.5, 0.6) is 0 Å². The van der Waals surface area contributed by atoms with Crippen molar-refractivity contribution >= 4 is 0 Å². The maximum absolute atomic E-state index is 5.69. The molecule has 1 saturated heterocycles. The monoisotopic (exact) mass is 208 g/mol. The molecule has 3 nitrogen and oxygen atoms in total. The normalized spacial score (nSPS) is 21.7. The molecule has 84 valence electrons. The summed E-state index contributed by atoms with van der Waals surface area (Å²) in [5.74, 6) is 0.734. The average Bonchev–Trinajstić information content (AvgIpc) is 2.82. The van der Waals surface area contributed by atoms with E-state index in [0.29, 0.717) is 6.04 Å². The van der Waals surface area contributed by atoms with Crippen LogP contribution in [-0.4, -0.2) is 24.5 Å². The van der Waals surface area contributed by atoms with Crippen LogP contribution in [0.3, 0.4) is 0 Å². The van der Waals surface area contributed by atoms with Crippen molar-refractivity contribution in [3.05, 3.63) is 24.2 Å². The summed E-state index contributed by atoms with van der Waals surface area (Å²) in [6, 6.07) is 2.53. The zero-order valence-corrected chi connectivity index (χ0v) is 9.36. The van der Waals surface area contributed by atoms with E-state index in [4.69, 9.17) is 10.2 Å². The fraction of sp³-hybridized carbons (Fsp3) is 0.667. The van der Waals surface area contributed by atoms with Gasteiger partial charge in [-0.05, 0) is 51.4 Å². The molecule has 0 saturated carbocycles. The molecule has 0 radical (unpaired) electrons. The van der Waals surface area contributed by atoms with Gasteiger partial charge in [0.1, 0.15) is 0 Å². The Kier molecular flexibility index (Phi) is 3.44. The van der Waals surface area contributed by atoms with Gasteiger partial charge in [-0.15, -0.1) is 0 Å². The van der Waals surface area contributed by atoms with E-state index in [1.54, 1.807) is 6.26 Å². The fourth-order valence-electron chi connectivity index (χ4n) is 2.30. The second-order valence-corrected chi connectivity index (χ2v) is 4.45. The highest BCUT2D eigenvalue weighted by Gasteiger charge is 2.22. The van der Waals surface area contributed by atoms with Gasteiger partial charge in [0.15, 0.2) is 0 Å². The Bertz CT molecular complexity index is 276. The van der Waals surface area contributed by atoms with Crippen molar-refractivity contribution in [3.8, 4) is 0 Å². The molecule has 2 heterocycles. The number of nitrogens with two attached hydrogens (primary N) is 1. The molecular weight excluding hydrogens is 188 g/mol. The van der Waals surface area contributed by atoms with E-state index in [2.05, 4.69) is 17.9 Å². The van der Waals surface area contributed by atoms with Crippen molar-refractivity contribution in [1.82, 2.24) is 4.90 Å². The molecule has 2 rings (SSSR count). The van der Waals surface area contributed by atoms with E-state index in [0.717, 1.165) is 25.6 Å². The summed E-state index contributed by atoms with van der Waals surface area (Å²) in [5.41, 5.74) is 6.96. The summed E-state index contributed by atoms with van der Waals surface area (Å²) in [7, 11) is 0. The molecule has 0 amide bonds. The first-order valence-corrected chi connectivity index (χ1v) is 5.77. The Balaban J connectivity index is 1.90. The molecule has 0 aliphatic carbocycles. The first kappa shape index (κ1) is 10.7. The fourth-order valence-corrected chi connectivity index (χ4v) is 2.30. The van der Waals surface area contributed by atoms with Crippen LogP contribution in [-0.2, 0) is 0 Å². The predicted octanol–water partition coefficient (Wildman–Crippen LogP) is 2.01. The zero-order chi connectivity index (χ0) is 10.7. The highest BCUT2D eigenvalue weighted by molar-refractivity contribution is 5.10. The second kappa shape index (κ2) is 4.81. The summed E-state index contributed by atoms with van der Waals surface area (Å²) in [6.07, 6.45) is 6.07. The molecule has 1 unspecified atom stereocenters. The van der Waals surface area contributed by atoms with E-state index >= 15 is 0 Å². The third-order valence-electron chi connectivity index (χ3n) is 3.56. The summed E-state index contributed by atoms with van der Waals surface area (Å²) < 4.78 is 5.12. The topological polar surface area (TPSA) is 42.4 Å². The van der Waals surface area contributed by atoms with Crippen LogP contribution in [0.15, 0.2) is 23.0 Å². The van der Waals surface area contributed by atoms with Gasteiger partial charge in [0.25, 0.3) is 0 Å². The van der Waals surface area contributed by atoms with Gasteiger partial charge in [0.2, 0.25) is 0 Å². The number of hydrogen-bond acceptors (Lipinski definition) is 3. The molecule has 0 spiro atoms. The quantitative estimate of drug-likeness (QED) is 0.826. The molecule has 1 fully saturated rings. The minimum Gasteiger partial charge on any atom is -0.472 e. The van der Waals surface area contributed by atoms with Crippen molar-refractivity contribution in [2.24, 2.45) is 11.7 Å². The first-order chi connectivity index (χ1) is 7.31. The number of furan rings is 1. The number of piperidine rings is 1. The standard InChI is InChI=1S/C12H20N2O/c1-10(12-4-7-15-9-12)14-5-2-11(8-13)3-6-14/h4,7,9-11H,2-3,5-6,8,13H2,1H3. The van der Waals surface area contributed by atoms with Gasteiger partial charge in [0.05, 0.1) is 12.5 Å². The molecule has 1 aromatic heterocycles.